The first kappa shape index (κ1) is 23.6. The Balaban J connectivity index is 1.67. The minimum atomic E-state index is -1.13. The van der Waals surface area contributed by atoms with E-state index in [-0.39, 0.29) is 23.0 Å². The van der Waals surface area contributed by atoms with E-state index in [1.54, 1.807) is 24.3 Å². The summed E-state index contributed by atoms with van der Waals surface area (Å²) in [5, 5.41) is 9.74. The molecule has 0 amide bonds. The van der Waals surface area contributed by atoms with Crippen LogP contribution in [0, 0.1) is 5.92 Å². The first-order valence-electron chi connectivity index (χ1n) is 10.9. The van der Waals surface area contributed by atoms with Gasteiger partial charge in [-0.25, -0.2) is 0 Å². The molecule has 0 spiro atoms. The molecular weight excluding hydrogens is 412 g/mol. The van der Waals surface area contributed by atoms with Crippen molar-refractivity contribution in [2.45, 2.75) is 44.6 Å². The minimum Gasteiger partial charge on any atom is -0.493 e. The number of rotatable bonds is 11. The molecule has 0 aliphatic heterocycles. The summed E-state index contributed by atoms with van der Waals surface area (Å²) in [7, 11) is 2.94. The molecule has 0 bridgehead atoms. The summed E-state index contributed by atoms with van der Waals surface area (Å²) in [5.41, 5.74) is 0.265. The highest BCUT2D eigenvalue weighted by Crippen LogP contribution is 2.32. The van der Waals surface area contributed by atoms with E-state index >= 15 is 0 Å². The number of aliphatic hydroxyl groups excluding tert-OH is 1. The number of carbonyl (C=O) groups excluding carboxylic acids is 2. The number of methoxy groups -OCH3 is 2. The van der Waals surface area contributed by atoms with Gasteiger partial charge < -0.3 is 24.1 Å². The molecule has 0 aromatic heterocycles. The molecule has 1 atom stereocenters. The predicted molar refractivity (Wildman–Crippen MR) is 119 cm³/mol. The summed E-state index contributed by atoms with van der Waals surface area (Å²) in [6.07, 6.45) is 4.88. The van der Waals surface area contributed by atoms with Gasteiger partial charge in [-0.3, -0.25) is 9.59 Å². The van der Waals surface area contributed by atoms with Crippen LogP contribution in [-0.2, 0) is 4.79 Å². The monoisotopic (exact) mass is 442 g/mol. The number of para-hydroxylation sites is 2. The highest BCUT2D eigenvalue weighted by atomic mass is 16.6. The van der Waals surface area contributed by atoms with Crippen LogP contribution in [0.25, 0.3) is 0 Å². The third-order valence-electron chi connectivity index (χ3n) is 5.70. The molecule has 7 heteroatoms. The van der Waals surface area contributed by atoms with E-state index in [4.69, 9.17) is 18.9 Å². The summed E-state index contributed by atoms with van der Waals surface area (Å²) in [5.74, 6) is 1.17. The smallest absolute Gasteiger partial charge is 0.311 e. The average Bonchev–Trinajstić information content (AvgIpc) is 3.35. The van der Waals surface area contributed by atoms with Gasteiger partial charge in [0.05, 0.1) is 20.8 Å². The number of esters is 1. The van der Waals surface area contributed by atoms with Crippen LogP contribution in [0.2, 0.25) is 0 Å². The number of ketones is 1. The third-order valence-corrected chi connectivity index (χ3v) is 5.70. The molecule has 0 radical (unpaired) electrons. The maximum absolute atomic E-state index is 12.9. The number of benzene rings is 2. The molecule has 7 nitrogen and oxygen atoms in total. The topological polar surface area (TPSA) is 91.3 Å². The summed E-state index contributed by atoms with van der Waals surface area (Å²) in [4.78, 5) is 25.2. The van der Waals surface area contributed by atoms with E-state index in [0.717, 1.165) is 6.42 Å². The fourth-order valence-electron chi connectivity index (χ4n) is 3.93. The van der Waals surface area contributed by atoms with Crippen molar-refractivity contribution >= 4 is 11.8 Å². The van der Waals surface area contributed by atoms with Gasteiger partial charge in [-0.2, -0.15) is 0 Å². The second-order valence-corrected chi connectivity index (χ2v) is 7.83. The molecule has 1 aliphatic rings. The molecule has 1 aliphatic carbocycles. The fraction of sp³-hybridized carbons (Fsp3) is 0.440. The third kappa shape index (κ3) is 6.01. The van der Waals surface area contributed by atoms with Gasteiger partial charge in [0.2, 0.25) is 5.78 Å². The predicted octanol–water partition coefficient (Wildman–Crippen LogP) is 4.20. The van der Waals surface area contributed by atoms with Crippen molar-refractivity contribution in [1.29, 1.82) is 0 Å². The van der Waals surface area contributed by atoms with Crippen LogP contribution < -0.4 is 18.9 Å². The van der Waals surface area contributed by atoms with Crippen LogP contribution >= 0.6 is 0 Å². The van der Waals surface area contributed by atoms with E-state index < -0.39 is 18.5 Å². The Morgan fingerprint density at radius 2 is 1.66 bits per heavy atom. The Morgan fingerprint density at radius 1 is 0.969 bits per heavy atom. The molecule has 1 N–H and O–H groups in total. The number of aliphatic hydroxyl groups is 1. The van der Waals surface area contributed by atoms with E-state index in [9.17, 15) is 14.7 Å². The van der Waals surface area contributed by atoms with Crippen LogP contribution in [0.3, 0.4) is 0 Å². The molecular formula is C25H30O7. The lowest BCUT2D eigenvalue weighted by Crippen LogP contribution is -2.31. The van der Waals surface area contributed by atoms with Gasteiger partial charge >= 0.3 is 5.97 Å². The van der Waals surface area contributed by atoms with E-state index in [2.05, 4.69) is 0 Å². The van der Waals surface area contributed by atoms with Gasteiger partial charge in [0.25, 0.3) is 0 Å². The maximum atomic E-state index is 12.9. The SMILES string of the molecule is COc1cc(C(=O)C(CO)Oc2ccccc2OC)ccc1OC(=O)CCC1CCCC1. The number of hydrogen-bond acceptors (Lipinski definition) is 7. The fourth-order valence-corrected chi connectivity index (χ4v) is 3.93. The molecule has 2 aromatic carbocycles. The zero-order valence-corrected chi connectivity index (χ0v) is 18.5. The highest BCUT2D eigenvalue weighted by molar-refractivity contribution is 6.00. The Bertz CT molecular complexity index is 918. The molecule has 2 aromatic rings. The number of carbonyl (C=O) groups is 2. The molecule has 172 valence electrons. The number of Topliss-reactive ketones (excluding diaryl/α,β-unsaturated/α-hetero) is 1. The molecule has 0 saturated heterocycles. The van der Waals surface area contributed by atoms with Crippen molar-refractivity contribution in [3.8, 4) is 23.0 Å². The summed E-state index contributed by atoms with van der Waals surface area (Å²) in [6.45, 7) is -0.517. The van der Waals surface area contributed by atoms with Gasteiger partial charge in [0, 0.05) is 12.0 Å². The van der Waals surface area contributed by atoms with E-state index in [0.29, 0.717) is 23.8 Å². The Labute approximate surface area is 188 Å². The molecule has 1 saturated carbocycles. The van der Waals surface area contributed by atoms with Gasteiger partial charge in [-0.05, 0) is 42.7 Å². The van der Waals surface area contributed by atoms with Crippen molar-refractivity contribution in [2.75, 3.05) is 20.8 Å². The highest BCUT2D eigenvalue weighted by Gasteiger charge is 2.24. The molecule has 0 heterocycles. The van der Waals surface area contributed by atoms with Gasteiger partial charge in [0.1, 0.15) is 0 Å². The lowest BCUT2D eigenvalue weighted by atomic mass is 10.0. The molecule has 3 rings (SSSR count). The number of hydrogen-bond donors (Lipinski definition) is 1. The van der Waals surface area contributed by atoms with E-state index in [1.807, 2.05) is 0 Å². The van der Waals surface area contributed by atoms with Crippen LogP contribution in [0.15, 0.2) is 42.5 Å². The zero-order valence-electron chi connectivity index (χ0n) is 18.5. The first-order valence-corrected chi connectivity index (χ1v) is 10.9. The Morgan fingerprint density at radius 3 is 2.31 bits per heavy atom. The second kappa shape index (κ2) is 11.5. The largest absolute Gasteiger partial charge is 0.493 e. The van der Waals surface area contributed by atoms with Crippen molar-refractivity contribution < 1.29 is 33.6 Å². The average molecular weight is 443 g/mol. The number of ether oxygens (including phenoxy) is 4. The van der Waals surface area contributed by atoms with Gasteiger partial charge in [0.15, 0.2) is 29.1 Å². The lowest BCUT2D eigenvalue weighted by molar-refractivity contribution is -0.134. The summed E-state index contributed by atoms with van der Waals surface area (Å²) >= 11 is 0. The standard InChI is InChI=1S/C25H30O7/c1-29-19-9-5-6-10-20(19)31-23(16-26)25(28)18-12-13-21(22(15-18)30-2)32-24(27)14-11-17-7-3-4-8-17/h5-6,9-10,12-13,15,17,23,26H,3-4,7-8,11,14,16H2,1-2H3. The van der Waals surface area contributed by atoms with Crippen molar-refractivity contribution in [3.05, 3.63) is 48.0 Å². The normalized spacial score (nSPS) is 14.6. The first-order chi connectivity index (χ1) is 15.5. The van der Waals surface area contributed by atoms with Crippen LogP contribution in [0.1, 0.15) is 48.9 Å². The molecule has 32 heavy (non-hydrogen) atoms. The zero-order chi connectivity index (χ0) is 22.9. The second-order valence-electron chi connectivity index (χ2n) is 7.83. The van der Waals surface area contributed by atoms with Crippen LogP contribution in [-0.4, -0.2) is 43.8 Å². The minimum absolute atomic E-state index is 0.256. The quantitative estimate of drug-likeness (QED) is 0.317. The lowest BCUT2D eigenvalue weighted by Gasteiger charge is -2.18. The maximum Gasteiger partial charge on any atom is 0.311 e. The summed E-state index contributed by atoms with van der Waals surface area (Å²) in [6, 6.07) is 11.4. The van der Waals surface area contributed by atoms with Crippen molar-refractivity contribution in [3.63, 3.8) is 0 Å². The molecule has 1 unspecified atom stereocenters. The van der Waals surface area contributed by atoms with Crippen LogP contribution in [0.5, 0.6) is 23.0 Å². The summed E-state index contributed by atoms with van der Waals surface area (Å²) < 4.78 is 21.7. The van der Waals surface area contributed by atoms with Crippen molar-refractivity contribution in [2.24, 2.45) is 5.92 Å². The molecule has 1 fully saturated rings. The van der Waals surface area contributed by atoms with E-state index in [1.165, 1.54) is 58.1 Å². The van der Waals surface area contributed by atoms with Crippen LogP contribution in [0.4, 0.5) is 0 Å². The van der Waals surface area contributed by atoms with Crippen molar-refractivity contribution in [1.82, 2.24) is 0 Å². The van der Waals surface area contributed by atoms with Gasteiger partial charge in [-0.1, -0.05) is 37.8 Å². The van der Waals surface area contributed by atoms with Gasteiger partial charge in [-0.15, -0.1) is 0 Å². The Hall–Kier alpha value is -3.06. The Kier molecular flexibility index (Phi) is 8.50.